The third-order valence-electron chi connectivity index (χ3n) is 2.93. The van der Waals surface area contributed by atoms with Crippen LogP contribution in [-0.4, -0.2) is 28.4 Å². The first kappa shape index (κ1) is 12.5. The summed E-state index contributed by atoms with van der Waals surface area (Å²) < 4.78 is 10.7. The zero-order chi connectivity index (χ0) is 12.3. The molecular formula is C12H21N3O2. The minimum atomic E-state index is -0.191. The average Bonchev–Trinajstić information content (AvgIpc) is 2.86. The fraction of sp³-hybridized carbons (Fsp3) is 0.833. The van der Waals surface area contributed by atoms with Crippen molar-refractivity contribution >= 4 is 0 Å². The molecule has 1 saturated heterocycles. The highest BCUT2D eigenvalue weighted by atomic mass is 16.5. The minimum Gasteiger partial charge on any atom is -0.378 e. The van der Waals surface area contributed by atoms with Crippen LogP contribution in [-0.2, 0) is 17.6 Å². The Labute approximate surface area is 102 Å². The second-order valence-corrected chi connectivity index (χ2v) is 5.43. The van der Waals surface area contributed by atoms with Gasteiger partial charge in [-0.3, -0.25) is 0 Å². The topological polar surface area (TPSA) is 74.2 Å². The van der Waals surface area contributed by atoms with Gasteiger partial charge in [0.2, 0.25) is 5.89 Å². The maximum atomic E-state index is 5.91. The lowest BCUT2D eigenvalue weighted by Crippen LogP contribution is -2.32. The van der Waals surface area contributed by atoms with Gasteiger partial charge in [-0.2, -0.15) is 4.98 Å². The Morgan fingerprint density at radius 2 is 2.29 bits per heavy atom. The van der Waals surface area contributed by atoms with Crippen LogP contribution in [0.3, 0.4) is 0 Å². The number of aryl methyl sites for hydroxylation is 1. The van der Waals surface area contributed by atoms with Crippen molar-refractivity contribution in [1.82, 2.24) is 10.1 Å². The van der Waals surface area contributed by atoms with Crippen molar-refractivity contribution in [2.75, 3.05) is 6.61 Å². The molecule has 0 aliphatic carbocycles. The van der Waals surface area contributed by atoms with Crippen molar-refractivity contribution in [2.45, 2.75) is 57.6 Å². The summed E-state index contributed by atoms with van der Waals surface area (Å²) in [6, 6.07) is 0. The van der Waals surface area contributed by atoms with E-state index >= 15 is 0 Å². The van der Waals surface area contributed by atoms with E-state index in [0.29, 0.717) is 5.89 Å². The van der Waals surface area contributed by atoms with Crippen LogP contribution >= 0.6 is 0 Å². The quantitative estimate of drug-likeness (QED) is 0.842. The summed E-state index contributed by atoms with van der Waals surface area (Å²) in [5.74, 6) is 1.43. The lowest BCUT2D eigenvalue weighted by molar-refractivity contribution is 0.109. The first-order valence-corrected chi connectivity index (χ1v) is 6.25. The van der Waals surface area contributed by atoms with Gasteiger partial charge in [0.25, 0.3) is 0 Å². The molecule has 1 aliphatic heterocycles. The van der Waals surface area contributed by atoms with Crippen LogP contribution in [0.5, 0.6) is 0 Å². The van der Waals surface area contributed by atoms with Gasteiger partial charge in [0.05, 0.1) is 6.10 Å². The van der Waals surface area contributed by atoms with Gasteiger partial charge in [-0.25, -0.2) is 0 Å². The highest BCUT2D eigenvalue weighted by Gasteiger charge is 2.19. The normalized spacial score (nSPS) is 21.0. The molecule has 0 aromatic carbocycles. The Morgan fingerprint density at radius 3 is 2.94 bits per heavy atom. The van der Waals surface area contributed by atoms with E-state index < -0.39 is 0 Å². The first-order chi connectivity index (χ1) is 8.03. The summed E-state index contributed by atoms with van der Waals surface area (Å²) in [5, 5.41) is 3.97. The summed E-state index contributed by atoms with van der Waals surface area (Å²) in [4.78, 5) is 4.36. The van der Waals surface area contributed by atoms with Gasteiger partial charge in [0, 0.05) is 25.0 Å². The van der Waals surface area contributed by atoms with E-state index in [1.807, 2.05) is 13.8 Å². The van der Waals surface area contributed by atoms with Crippen molar-refractivity contribution in [3.8, 4) is 0 Å². The maximum absolute atomic E-state index is 5.91. The van der Waals surface area contributed by atoms with Crippen molar-refractivity contribution in [1.29, 1.82) is 0 Å². The third kappa shape index (κ3) is 4.09. The Kier molecular flexibility index (Phi) is 3.79. The number of ether oxygens (including phenoxy) is 1. The number of nitrogens with zero attached hydrogens (tertiary/aromatic N) is 2. The Bertz CT molecular complexity index is 351. The lowest BCUT2D eigenvalue weighted by Gasteiger charge is -2.16. The molecule has 1 fully saturated rings. The number of nitrogens with two attached hydrogens (primary N) is 1. The lowest BCUT2D eigenvalue weighted by atomic mass is 10.0. The van der Waals surface area contributed by atoms with E-state index in [1.54, 1.807) is 0 Å². The predicted molar refractivity (Wildman–Crippen MR) is 63.6 cm³/mol. The third-order valence-corrected chi connectivity index (χ3v) is 2.93. The van der Waals surface area contributed by atoms with E-state index in [4.69, 9.17) is 15.0 Å². The minimum absolute atomic E-state index is 0.191. The molecule has 1 aromatic heterocycles. The smallest absolute Gasteiger partial charge is 0.226 e. The van der Waals surface area contributed by atoms with Gasteiger partial charge >= 0.3 is 0 Å². The molecule has 5 heteroatoms. The molecule has 17 heavy (non-hydrogen) atoms. The Hall–Kier alpha value is -0.940. The van der Waals surface area contributed by atoms with Crippen LogP contribution in [0.25, 0.3) is 0 Å². The van der Waals surface area contributed by atoms with Gasteiger partial charge in [-0.15, -0.1) is 0 Å². The first-order valence-electron chi connectivity index (χ1n) is 6.25. The summed E-state index contributed by atoms with van der Waals surface area (Å²) in [7, 11) is 0. The largest absolute Gasteiger partial charge is 0.378 e. The molecule has 1 unspecified atom stereocenters. The van der Waals surface area contributed by atoms with E-state index in [2.05, 4.69) is 10.1 Å². The van der Waals surface area contributed by atoms with Crippen LogP contribution in [0.4, 0.5) is 0 Å². The molecular weight excluding hydrogens is 218 g/mol. The van der Waals surface area contributed by atoms with Gasteiger partial charge in [0.1, 0.15) is 0 Å². The molecule has 5 nitrogen and oxygen atoms in total. The Morgan fingerprint density at radius 1 is 1.47 bits per heavy atom. The van der Waals surface area contributed by atoms with Crippen LogP contribution in [0.2, 0.25) is 0 Å². The van der Waals surface area contributed by atoms with E-state index in [9.17, 15) is 0 Å². The molecule has 0 spiro atoms. The molecule has 2 heterocycles. The summed E-state index contributed by atoms with van der Waals surface area (Å²) in [5.41, 5.74) is 5.72. The van der Waals surface area contributed by atoms with Crippen LogP contribution in [0.1, 0.15) is 44.8 Å². The molecule has 96 valence electrons. The number of hydrogen-bond donors (Lipinski definition) is 1. The van der Waals surface area contributed by atoms with Crippen LogP contribution in [0.15, 0.2) is 4.52 Å². The van der Waals surface area contributed by atoms with Crippen LogP contribution in [0, 0.1) is 0 Å². The van der Waals surface area contributed by atoms with Gasteiger partial charge in [-0.1, -0.05) is 5.16 Å². The molecule has 0 saturated carbocycles. The van der Waals surface area contributed by atoms with Crippen molar-refractivity contribution in [3.05, 3.63) is 11.7 Å². The summed E-state index contributed by atoms with van der Waals surface area (Å²) in [6.07, 6.45) is 4.84. The molecule has 2 rings (SSSR count). The monoisotopic (exact) mass is 239 g/mol. The molecule has 0 radical (unpaired) electrons. The molecule has 1 atom stereocenters. The van der Waals surface area contributed by atoms with Crippen molar-refractivity contribution in [2.24, 2.45) is 5.73 Å². The summed E-state index contributed by atoms with van der Waals surface area (Å²) in [6.45, 7) is 4.85. The van der Waals surface area contributed by atoms with Gasteiger partial charge < -0.3 is 15.0 Å². The molecule has 2 N–H and O–H groups in total. The maximum Gasteiger partial charge on any atom is 0.226 e. The average molecular weight is 239 g/mol. The van der Waals surface area contributed by atoms with E-state index in [0.717, 1.165) is 44.5 Å². The fourth-order valence-electron chi connectivity index (χ4n) is 1.91. The van der Waals surface area contributed by atoms with E-state index in [1.165, 1.54) is 0 Å². The van der Waals surface area contributed by atoms with Crippen molar-refractivity contribution < 1.29 is 9.26 Å². The highest BCUT2D eigenvalue weighted by Crippen LogP contribution is 2.16. The van der Waals surface area contributed by atoms with Gasteiger partial charge in [0.15, 0.2) is 5.82 Å². The number of rotatable bonds is 5. The standard InChI is InChI=1S/C12H21N3O2/c1-12(2,13)6-5-11-14-10(15-17-11)8-9-4-3-7-16-9/h9H,3-8,13H2,1-2H3. The summed E-state index contributed by atoms with van der Waals surface area (Å²) >= 11 is 0. The fourth-order valence-corrected chi connectivity index (χ4v) is 1.91. The van der Waals surface area contributed by atoms with Crippen molar-refractivity contribution in [3.63, 3.8) is 0 Å². The Balaban J connectivity index is 1.83. The second kappa shape index (κ2) is 5.14. The SMILES string of the molecule is CC(C)(N)CCc1nc(CC2CCCO2)no1. The second-order valence-electron chi connectivity index (χ2n) is 5.43. The van der Waals surface area contributed by atoms with Gasteiger partial charge in [-0.05, 0) is 33.1 Å². The molecule has 1 aliphatic rings. The zero-order valence-corrected chi connectivity index (χ0v) is 10.6. The van der Waals surface area contributed by atoms with E-state index in [-0.39, 0.29) is 11.6 Å². The molecule has 0 bridgehead atoms. The predicted octanol–water partition coefficient (Wildman–Crippen LogP) is 1.46. The number of aromatic nitrogens is 2. The highest BCUT2D eigenvalue weighted by molar-refractivity contribution is 4.91. The molecule has 1 aromatic rings. The van der Waals surface area contributed by atoms with Crippen LogP contribution < -0.4 is 5.73 Å². The number of hydrogen-bond acceptors (Lipinski definition) is 5. The molecule has 0 amide bonds. The zero-order valence-electron chi connectivity index (χ0n) is 10.6.